The van der Waals surface area contributed by atoms with Crippen LogP contribution in [0.3, 0.4) is 0 Å². The van der Waals surface area contributed by atoms with Crippen molar-refractivity contribution in [2.75, 3.05) is 67.7 Å². The standard InChI is InChI=1S/C19H24N6O3/c1-14(26)21-17-3-2-15(13-20-17)16-12-18(24-4-8-27-9-5-24)23-19(22-16)25-6-10-28-11-7-25/h2-3,12-13H,4-11H2,1H3,(H,20,21,26). The summed E-state index contributed by atoms with van der Waals surface area (Å²) in [5.74, 6) is 1.97. The number of carbonyl (C=O) groups excluding carboxylic acids is 1. The van der Waals surface area contributed by atoms with E-state index >= 15 is 0 Å². The summed E-state index contributed by atoms with van der Waals surface area (Å²) < 4.78 is 10.9. The fourth-order valence-electron chi connectivity index (χ4n) is 3.23. The molecule has 2 aliphatic heterocycles. The number of hydrogen-bond donors (Lipinski definition) is 1. The van der Waals surface area contributed by atoms with Crippen molar-refractivity contribution in [3.63, 3.8) is 0 Å². The molecular weight excluding hydrogens is 360 g/mol. The summed E-state index contributed by atoms with van der Waals surface area (Å²) in [6.45, 7) is 7.34. The smallest absolute Gasteiger partial charge is 0.228 e. The molecule has 0 atom stereocenters. The Bertz CT molecular complexity index is 781. The highest BCUT2D eigenvalue weighted by Gasteiger charge is 2.20. The Morgan fingerprint density at radius 2 is 1.68 bits per heavy atom. The lowest BCUT2D eigenvalue weighted by Crippen LogP contribution is -2.39. The zero-order valence-corrected chi connectivity index (χ0v) is 15.9. The molecule has 0 bridgehead atoms. The van der Waals surface area contributed by atoms with Crippen LogP contribution in [0.4, 0.5) is 17.6 Å². The van der Waals surface area contributed by atoms with Gasteiger partial charge < -0.3 is 24.6 Å². The van der Waals surface area contributed by atoms with Gasteiger partial charge in [0.05, 0.1) is 32.1 Å². The molecule has 0 unspecified atom stereocenters. The molecule has 2 aromatic rings. The van der Waals surface area contributed by atoms with Crippen LogP contribution in [0.1, 0.15) is 6.92 Å². The van der Waals surface area contributed by atoms with Crippen LogP contribution < -0.4 is 15.1 Å². The number of anilines is 3. The maximum absolute atomic E-state index is 11.2. The van der Waals surface area contributed by atoms with Gasteiger partial charge in [0.15, 0.2) is 0 Å². The minimum atomic E-state index is -0.147. The Morgan fingerprint density at radius 1 is 1.00 bits per heavy atom. The van der Waals surface area contributed by atoms with Crippen LogP contribution in [-0.4, -0.2) is 73.5 Å². The van der Waals surface area contributed by atoms with Gasteiger partial charge in [-0.05, 0) is 12.1 Å². The summed E-state index contributed by atoms with van der Waals surface area (Å²) in [5.41, 5.74) is 1.68. The molecule has 2 fully saturated rings. The number of rotatable bonds is 4. The fourth-order valence-corrected chi connectivity index (χ4v) is 3.23. The van der Waals surface area contributed by atoms with Crippen LogP contribution in [0.15, 0.2) is 24.4 Å². The molecular formula is C19H24N6O3. The first-order valence-electron chi connectivity index (χ1n) is 9.47. The van der Waals surface area contributed by atoms with Crippen LogP contribution in [-0.2, 0) is 14.3 Å². The van der Waals surface area contributed by atoms with Crippen molar-refractivity contribution in [3.8, 4) is 11.3 Å². The van der Waals surface area contributed by atoms with Gasteiger partial charge in [0, 0.05) is 50.9 Å². The molecule has 4 rings (SSSR count). The quantitative estimate of drug-likeness (QED) is 0.840. The van der Waals surface area contributed by atoms with Crippen LogP contribution in [0.25, 0.3) is 11.3 Å². The van der Waals surface area contributed by atoms with E-state index in [1.165, 1.54) is 6.92 Å². The summed E-state index contributed by atoms with van der Waals surface area (Å²) in [7, 11) is 0. The van der Waals surface area contributed by atoms with Crippen LogP contribution in [0.2, 0.25) is 0 Å². The van der Waals surface area contributed by atoms with E-state index in [4.69, 9.17) is 19.4 Å². The van der Waals surface area contributed by atoms with E-state index in [0.29, 0.717) is 38.2 Å². The van der Waals surface area contributed by atoms with Crippen molar-refractivity contribution in [1.82, 2.24) is 15.0 Å². The van der Waals surface area contributed by atoms with E-state index in [9.17, 15) is 4.79 Å². The molecule has 0 spiro atoms. The number of amides is 1. The molecule has 2 saturated heterocycles. The highest BCUT2D eigenvalue weighted by atomic mass is 16.5. The number of carbonyl (C=O) groups is 1. The zero-order valence-electron chi connectivity index (χ0n) is 15.9. The Labute approximate surface area is 163 Å². The van der Waals surface area contributed by atoms with Crippen molar-refractivity contribution in [1.29, 1.82) is 0 Å². The topological polar surface area (TPSA) is 92.7 Å². The summed E-state index contributed by atoms with van der Waals surface area (Å²) in [5, 5.41) is 2.68. The van der Waals surface area contributed by atoms with Gasteiger partial charge in [-0.3, -0.25) is 4.79 Å². The Morgan fingerprint density at radius 3 is 2.29 bits per heavy atom. The van der Waals surface area contributed by atoms with Crippen LogP contribution >= 0.6 is 0 Å². The van der Waals surface area contributed by atoms with Gasteiger partial charge in [-0.2, -0.15) is 4.98 Å². The molecule has 0 aliphatic carbocycles. The first-order chi connectivity index (χ1) is 13.7. The van der Waals surface area contributed by atoms with Crippen molar-refractivity contribution in [2.45, 2.75) is 6.92 Å². The van der Waals surface area contributed by atoms with E-state index in [-0.39, 0.29) is 5.91 Å². The highest BCUT2D eigenvalue weighted by Crippen LogP contribution is 2.26. The second-order valence-electron chi connectivity index (χ2n) is 6.72. The van der Waals surface area contributed by atoms with Crippen molar-refractivity contribution < 1.29 is 14.3 Å². The lowest BCUT2D eigenvalue weighted by molar-refractivity contribution is -0.114. The van der Waals surface area contributed by atoms with Gasteiger partial charge in [0.1, 0.15) is 11.6 Å². The summed E-state index contributed by atoms with van der Waals surface area (Å²) in [6.07, 6.45) is 1.72. The minimum absolute atomic E-state index is 0.147. The summed E-state index contributed by atoms with van der Waals surface area (Å²) in [4.78, 5) is 29.5. The lowest BCUT2D eigenvalue weighted by atomic mass is 10.2. The Balaban J connectivity index is 1.67. The SMILES string of the molecule is CC(=O)Nc1ccc(-c2cc(N3CCOCC3)nc(N3CCOCC3)n2)cn1. The normalized spacial score (nSPS) is 17.5. The fraction of sp³-hybridized carbons (Fsp3) is 0.474. The average molecular weight is 384 g/mol. The van der Waals surface area contributed by atoms with Gasteiger partial charge in [-0.1, -0.05) is 0 Å². The third kappa shape index (κ3) is 4.37. The predicted molar refractivity (Wildman–Crippen MR) is 106 cm³/mol. The average Bonchev–Trinajstić information content (AvgIpc) is 2.75. The number of aromatic nitrogens is 3. The van der Waals surface area contributed by atoms with E-state index in [2.05, 4.69) is 20.1 Å². The van der Waals surface area contributed by atoms with Gasteiger partial charge in [0.2, 0.25) is 11.9 Å². The van der Waals surface area contributed by atoms with Gasteiger partial charge in [0.25, 0.3) is 0 Å². The van der Waals surface area contributed by atoms with Crippen molar-refractivity contribution >= 4 is 23.5 Å². The van der Waals surface area contributed by atoms with Crippen LogP contribution in [0.5, 0.6) is 0 Å². The molecule has 1 N–H and O–H groups in total. The molecule has 9 nitrogen and oxygen atoms in total. The van der Waals surface area contributed by atoms with E-state index in [1.807, 2.05) is 12.1 Å². The summed E-state index contributed by atoms with van der Waals surface area (Å²) >= 11 is 0. The second kappa shape index (κ2) is 8.49. The number of ether oxygens (including phenoxy) is 2. The van der Waals surface area contributed by atoms with E-state index in [0.717, 1.165) is 43.3 Å². The molecule has 0 saturated carbocycles. The van der Waals surface area contributed by atoms with Gasteiger partial charge in [-0.25, -0.2) is 9.97 Å². The van der Waals surface area contributed by atoms with Crippen LogP contribution in [0, 0.1) is 0 Å². The predicted octanol–water partition coefficient (Wildman–Crippen LogP) is 1.17. The maximum Gasteiger partial charge on any atom is 0.228 e. The number of nitrogens with one attached hydrogen (secondary N) is 1. The largest absolute Gasteiger partial charge is 0.378 e. The number of morpholine rings is 2. The molecule has 9 heteroatoms. The van der Waals surface area contributed by atoms with Crippen molar-refractivity contribution in [2.24, 2.45) is 0 Å². The Hall–Kier alpha value is -2.78. The first-order valence-corrected chi connectivity index (χ1v) is 9.47. The number of nitrogens with zero attached hydrogens (tertiary/aromatic N) is 5. The molecule has 28 heavy (non-hydrogen) atoms. The molecule has 2 aliphatic rings. The first kappa shape index (κ1) is 18.6. The van der Waals surface area contributed by atoms with Gasteiger partial charge in [-0.15, -0.1) is 0 Å². The summed E-state index contributed by atoms with van der Waals surface area (Å²) in [6, 6.07) is 5.68. The lowest BCUT2D eigenvalue weighted by Gasteiger charge is -2.31. The number of hydrogen-bond acceptors (Lipinski definition) is 8. The molecule has 148 valence electrons. The molecule has 0 aromatic carbocycles. The zero-order chi connectivity index (χ0) is 19.3. The van der Waals surface area contributed by atoms with Crippen molar-refractivity contribution in [3.05, 3.63) is 24.4 Å². The van der Waals surface area contributed by atoms with Gasteiger partial charge >= 0.3 is 0 Å². The molecule has 1 amide bonds. The minimum Gasteiger partial charge on any atom is -0.378 e. The Kier molecular flexibility index (Phi) is 5.63. The van der Waals surface area contributed by atoms with E-state index in [1.54, 1.807) is 12.3 Å². The monoisotopic (exact) mass is 384 g/mol. The molecule has 2 aromatic heterocycles. The highest BCUT2D eigenvalue weighted by molar-refractivity contribution is 5.87. The third-order valence-corrected chi connectivity index (χ3v) is 4.69. The maximum atomic E-state index is 11.2. The molecule has 0 radical (unpaired) electrons. The third-order valence-electron chi connectivity index (χ3n) is 4.69. The second-order valence-corrected chi connectivity index (χ2v) is 6.72. The molecule has 4 heterocycles. The number of pyridine rings is 1. The van der Waals surface area contributed by atoms with E-state index < -0.39 is 0 Å².